The molecule has 7 heteroatoms. The number of ether oxygens (including phenoxy) is 2. The fraction of sp³-hybridized carbons (Fsp3) is 0.364. The Labute approximate surface area is 174 Å². The van der Waals surface area contributed by atoms with Gasteiger partial charge in [-0.05, 0) is 37.1 Å². The predicted molar refractivity (Wildman–Crippen MR) is 115 cm³/mol. The maximum Gasteiger partial charge on any atom is 0.279 e. The molecule has 2 N–H and O–H groups in total. The van der Waals surface area contributed by atoms with Crippen LogP contribution < -0.4 is 19.7 Å². The zero-order valence-corrected chi connectivity index (χ0v) is 17.6. The first kappa shape index (κ1) is 19.7. The third kappa shape index (κ3) is 4.36. The molecular weight excluding hydrogens is 386 g/mol. The van der Waals surface area contributed by atoms with E-state index < -0.39 is 0 Å². The van der Waals surface area contributed by atoms with Crippen LogP contribution in [0.25, 0.3) is 10.2 Å². The molecule has 29 heavy (non-hydrogen) atoms. The molecular formula is C22H26N3O3S+. The number of aromatic nitrogens is 1. The number of methoxy groups -OCH3 is 2. The molecule has 0 bridgehead atoms. The van der Waals surface area contributed by atoms with Gasteiger partial charge in [-0.2, -0.15) is 0 Å². The molecule has 1 unspecified atom stereocenters. The van der Waals surface area contributed by atoms with Crippen LogP contribution in [0.4, 0.5) is 5.69 Å². The van der Waals surface area contributed by atoms with Crippen LogP contribution in [0.5, 0.6) is 11.5 Å². The second kappa shape index (κ2) is 8.80. The molecule has 3 aromatic rings. The standard InChI is InChI=1S/C22H25N3O3S/c1-27-18-11-10-15(13-19(18)28-2)23-21(26)14-25-12-6-5-8-17(25)22-24-16-7-3-4-9-20(16)29-22/h3-4,7,9-11,13,17H,5-6,8,12,14H2,1-2H3,(H,23,26)/p+1/t17-/m1/s1. The first-order valence-electron chi connectivity index (χ1n) is 9.90. The van der Waals surface area contributed by atoms with E-state index in [1.807, 2.05) is 18.2 Å². The highest BCUT2D eigenvalue weighted by molar-refractivity contribution is 7.18. The summed E-state index contributed by atoms with van der Waals surface area (Å²) in [4.78, 5) is 18.9. The summed E-state index contributed by atoms with van der Waals surface area (Å²) >= 11 is 1.75. The van der Waals surface area contributed by atoms with Crippen molar-refractivity contribution in [1.82, 2.24) is 4.98 Å². The number of carbonyl (C=O) groups excluding carboxylic acids is 1. The number of quaternary nitrogens is 1. The molecule has 2 heterocycles. The van der Waals surface area contributed by atoms with Crippen molar-refractivity contribution in [2.75, 3.05) is 32.6 Å². The number of nitrogens with one attached hydrogen (secondary N) is 2. The average molecular weight is 413 g/mol. The second-order valence-corrected chi connectivity index (χ2v) is 8.33. The number of amides is 1. The molecule has 1 aliphatic heterocycles. The number of hydrogen-bond donors (Lipinski definition) is 2. The molecule has 6 nitrogen and oxygen atoms in total. The van der Waals surface area contributed by atoms with Crippen LogP contribution in [0.3, 0.4) is 0 Å². The number of piperidine rings is 1. The van der Waals surface area contributed by atoms with E-state index in [4.69, 9.17) is 14.5 Å². The van der Waals surface area contributed by atoms with Gasteiger partial charge in [-0.3, -0.25) is 4.79 Å². The molecule has 0 saturated carbocycles. The molecule has 0 radical (unpaired) electrons. The number of benzene rings is 2. The Morgan fingerprint density at radius 1 is 1.17 bits per heavy atom. The number of rotatable bonds is 6. The molecule has 0 spiro atoms. The van der Waals surface area contributed by atoms with Gasteiger partial charge in [-0.1, -0.05) is 12.1 Å². The predicted octanol–water partition coefficient (Wildman–Crippen LogP) is 3.06. The van der Waals surface area contributed by atoms with E-state index >= 15 is 0 Å². The monoisotopic (exact) mass is 412 g/mol. The van der Waals surface area contributed by atoms with Crippen molar-refractivity contribution in [2.45, 2.75) is 25.3 Å². The summed E-state index contributed by atoms with van der Waals surface area (Å²) in [6, 6.07) is 13.9. The Hall–Kier alpha value is -2.64. The Kier molecular flexibility index (Phi) is 5.97. The quantitative estimate of drug-likeness (QED) is 0.653. The normalized spacial score (nSPS) is 19.1. The van der Waals surface area contributed by atoms with Gasteiger partial charge < -0.3 is 19.7 Å². The smallest absolute Gasteiger partial charge is 0.279 e. The number of likely N-dealkylation sites (tertiary alicyclic amines) is 1. The van der Waals surface area contributed by atoms with E-state index in [1.54, 1.807) is 37.7 Å². The van der Waals surface area contributed by atoms with E-state index in [0.29, 0.717) is 23.7 Å². The molecule has 0 aliphatic carbocycles. The Morgan fingerprint density at radius 3 is 2.79 bits per heavy atom. The van der Waals surface area contributed by atoms with Crippen molar-refractivity contribution in [3.63, 3.8) is 0 Å². The van der Waals surface area contributed by atoms with Crippen LogP contribution in [0.15, 0.2) is 42.5 Å². The summed E-state index contributed by atoms with van der Waals surface area (Å²) in [6.45, 7) is 1.41. The van der Waals surface area contributed by atoms with Gasteiger partial charge in [0.05, 0.1) is 31.0 Å². The minimum Gasteiger partial charge on any atom is -0.493 e. The minimum atomic E-state index is 0.000214. The molecule has 1 aliphatic rings. The fourth-order valence-electron chi connectivity index (χ4n) is 3.95. The van der Waals surface area contributed by atoms with Gasteiger partial charge >= 0.3 is 0 Å². The van der Waals surface area contributed by atoms with Crippen LogP contribution in [0.2, 0.25) is 0 Å². The zero-order chi connectivity index (χ0) is 20.2. The van der Waals surface area contributed by atoms with Crippen molar-refractivity contribution in [1.29, 1.82) is 0 Å². The summed E-state index contributed by atoms with van der Waals surface area (Å²) in [5, 5.41) is 4.14. The Bertz CT molecular complexity index is 971. The van der Waals surface area contributed by atoms with Crippen molar-refractivity contribution in [3.8, 4) is 11.5 Å². The number of thiazole rings is 1. The van der Waals surface area contributed by atoms with Crippen molar-refractivity contribution in [3.05, 3.63) is 47.5 Å². The minimum absolute atomic E-state index is 0.000214. The van der Waals surface area contributed by atoms with Gasteiger partial charge in [-0.15, -0.1) is 11.3 Å². The highest BCUT2D eigenvalue weighted by atomic mass is 32.1. The van der Waals surface area contributed by atoms with E-state index in [2.05, 4.69) is 17.4 Å². The third-order valence-corrected chi connectivity index (χ3v) is 6.55. The molecule has 2 atom stereocenters. The van der Waals surface area contributed by atoms with Gasteiger partial charge in [0.2, 0.25) is 0 Å². The van der Waals surface area contributed by atoms with Crippen LogP contribution in [-0.4, -0.2) is 38.2 Å². The van der Waals surface area contributed by atoms with Gasteiger partial charge in [0, 0.05) is 18.2 Å². The van der Waals surface area contributed by atoms with Crippen molar-refractivity contribution >= 4 is 33.1 Å². The SMILES string of the molecule is COc1ccc(NC(=O)C[NH+]2CCCC[C@@H]2c2nc3ccccc3s2)cc1OC. The van der Waals surface area contributed by atoms with Crippen molar-refractivity contribution in [2.24, 2.45) is 0 Å². The van der Waals surface area contributed by atoms with Gasteiger partial charge in [0.25, 0.3) is 5.91 Å². The zero-order valence-electron chi connectivity index (χ0n) is 16.7. The average Bonchev–Trinajstić information content (AvgIpc) is 3.18. The van der Waals surface area contributed by atoms with E-state index in [9.17, 15) is 4.79 Å². The second-order valence-electron chi connectivity index (χ2n) is 7.27. The number of hydrogen-bond acceptors (Lipinski definition) is 5. The maximum absolute atomic E-state index is 12.8. The lowest BCUT2D eigenvalue weighted by atomic mass is 10.0. The molecule has 1 amide bonds. The fourth-order valence-corrected chi connectivity index (χ4v) is 5.11. The van der Waals surface area contributed by atoms with Crippen LogP contribution in [-0.2, 0) is 4.79 Å². The first-order valence-corrected chi connectivity index (χ1v) is 10.7. The lowest BCUT2D eigenvalue weighted by molar-refractivity contribution is -0.929. The first-order chi connectivity index (χ1) is 14.2. The summed E-state index contributed by atoms with van der Waals surface area (Å²) in [5.41, 5.74) is 1.76. The Morgan fingerprint density at radius 2 is 2.00 bits per heavy atom. The highest BCUT2D eigenvalue weighted by Crippen LogP contribution is 2.30. The summed E-state index contributed by atoms with van der Waals surface area (Å²) < 4.78 is 11.8. The van der Waals surface area contributed by atoms with Crippen LogP contribution in [0, 0.1) is 0 Å². The number of carbonyl (C=O) groups is 1. The third-order valence-electron chi connectivity index (χ3n) is 5.40. The highest BCUT2D eigenvalue weighted by Gasteiger charge is 2.32. The van der Waals surface area contributed by atoms with Crippen LogP contribution in [0.1, 0.15) is 30.3 Å². The lowest BCUT2D eigenvalue weighted by Crippen LogP contribution is -3.14. The summed E-state index contributed by atoms with van der Waals surface area (Å²) in [7, 11) is 3.18. The summed E-state index contributed by atoms with van der Waals surface area (Å²) in [5.74, 6) is 1.24. The van der Waals surface area contributed by atoms with Crippen LogP contribution >= 0.6 is 11.3 Å². The number of nitrogens with zero attached hydrogens (tertiary/aromatic N) is 1. The van der Waals surface area contributed by atoms with Gasteiger partial charge in [0.15, 0.2) is 23.1 Å². The van der Waals surface area contributed by atoms with Crippen molar-refractivity contribution < 1.29 is 19.2 Å². The lowest BCUT2D eigenvalue weighted by Gasteiger charge is -2.30. The number of para-hydroxylation sites is 1. The van der Waals surface area contributed by atoms with Gasteiger partial charge in [0.1, 0.15) is 6.04 Å². The number of fused-ring (bicyclic) bond motifs is 1. The van der Waals surface area contributed by atoms with E-state index in [-0.39, 0.29) is 11.9 Å². The topological polar surface area (TPSA) is 64.9 Å². The molecule has 1 saturated heterocycles. The van der Waals surface area contributed by atoms with E-state index in [1.165, 1.54) is 16.0 Å². The number of anilines is 1. The summed E-state index contributed by atoms with van der Waals surface area (Å²) in [6.07, 6.45) is 3.39. The largest absolute Gasteiger partial charge is 0.493 e. The molecule has 1 aromatic heterocycles. The van der Waals surface area contributed by atoms with Gasteiger partial charge in [-0.25, -0.2) is 4.98 Å². The molecule has 1 fully saturated rings. The van der Waals surface area contributed by atoms with E-state index in [0.717, 1.165) is 29.9 Å². The molecule has 152 valence electrons. The Balaban J connectivity index is 1.47. The molecule has 2 aromatic carbocycles. The molecule has 4 rings (SSSR count). The maximum atomic E-state index is 12.8.